The van der Waals surface area contributed by atoms with Gasteiger partial charge in [0.15, 0.2) is 0 Å². The average molecular weight is 380 g/mol. The summed E-state index contributed by atoms with van der Waals surface area (Å²) in [5.74, 6) is 1.90. The quantitative estimate of drug-likeness (QED) is 0.816. The van der Waals surface area contributed by atoms with Crippen LogP contribution in [0, 0.1) is 0 Å². The van der Waals surface area contributed by atoms with Crippen molar-refractivity contribution in [3.05, 3.63) is 48.2 Å². The van der Waals surface area contributed by atoms with E-state index in [0.717, 1.165) is 56.4 Å². The molecule has 2 aromatic rings. The van der Waals surface area contributed by atoms with Crippen molar-refractivity contribution < 1.29 is 9.53 Å². The van der Waals surface area contributed by atoms with E-state index in [4.69, 9.17) is 4.74 Å². The van der Waals surface area contributed by atoms with Crippen LogP contribution in [-0.2, 0) is 0 Å². The van der Waals surface area contributed by atoms with E-state index in [9.17, 15) is 4.79 Å². The number of piperazine rings is 1. The first kappa shape index (κ1) is 18.6. The summed E-state index contributed by atoms with van der Waals surface area (Å²) in [7, 11) is 1.68. The molecule has 0 atom stereocenters. The molecule has 148 valence electrons. The summed E-state index contributed by atoms with van der Waals surface area (Å²) in [4.78, 5) is 24.1. The predicted molar refractivity (Wildman–Crippen MR) is 111 cm³/mol. The molecule has 1 aromatic carbocycles. The van der Waals surface area contributed by atoms with Crippen molar-refractivity contribution in [3.63, 3.8) is 0 Å². The van der Waals surface area contributed by atoms with E-state index in [-0.39, 0.29) is 5.91 Å². The maximum atomic E-state index is 13.0. The van der Waals surface area contributed by atoms with Gasteiger partial charge in [0, 0.05) is 56.7 Å². The fourth-order valence-corrected chi connectivity index (χ4v) is 3.99. The monoisotopic (exact) mass is 380 g/mol. The molecule has 6 nitrogen and oxygen atoms in total. The van der Waals surface area contributed by atoms with Crippen LogP contribution >= 0.6 is 0 Å². The Labute approximate surface area is 166 Å². The third-order valence-corrected chi connectivity index (χ3v) is 5.68. The van der Waals surface area contributed by atoms with Crippen LogP contribution in [0.15, 0.2) is 42.6 Å². The number of anilines is 2. The molecule has 1 amide bonds. The third-order valence-electron chi connectivity index (χ3n) is 5.68. The second-order valence-corrected chi connectivity index (χ2v) is 7.43. The molecule has 2 aliphatic heterocycles. The van der Waals surface area contributed by atoms with E-state index in [0.29, 0.717) is 0 Å². The molecule has 6 heteroatoms. The van der Waals surface area contributed by atoms with Gasteiger partial charge in [-0.05, 0) is 55.7 Å². The Morgan fingerprint density at radius 3 is 2.29 bits per heavy atom. The molecule has 3 heterocycles. The van der Waals surface area contributed by atoms with Crippen LogP contribution < -0.4 is 14.5 Å². The number of methoxy groups -OCH3 is 1. The lowest BCUT2D eigenvalue weighted by atomic mass is 10.1. The summed E-state index contributed by atoms with van der Waals surface area (Å²) >= 11 is 0. The third kappa shape index (κ3) is 4.06. The summed E-state index contributed by atoms with van der Waals surface area (Å²) in [6.07, 6.45) is 5.46. The Bertz CT molecular complexity index is 794. The lowest BCUT2D eigenvalue weighted by Gasteiger charge is -2.36. The van der Waals surface area contributed by atoms with Gasteiger partial charge in [0.1, 0.15) is 11.6 Å². The summed E-state index contributed by atoms with van der Waals surface area (Å²) in [5.41, 5.74) is 1.91. The number of hydrogen-bond donors (Lipinski definition) is 0. The van der Waals surface area contributed by atoms with Gasteiger partial charge >= 0.3 is 0 Å². The van der Waals surface area contributed by atoms with Gasteiger partial charge in [0.25, 0.3) is 5.91 Å². The highest BCUT2D eigenvalue weighted by Crippen LogP contribution is 2.22. The van der Waals surface area contributed by atoms with Gasteiger partial charge in [0.2, 0.25) is 0 Å². The number of carbonyl (C=O) groups is 1. The molecule has 1 aromatic heterocycles. The molecule has 4 rings (SSSR count). The van der Waals surface area contributed by atoms with Crippen molar-refractivity contribution in [1.29, 1.82) is 0 Å². The minimum Gasteiger partial charge on any atom is -0.497 e. The number of nitrogens with zero attached hydrogens (tertiary/aromatic N) is 4. The van der Waals surface area contributed by atoms with E-state index in [2.05, 4.69) is 26.9 Å². The highest BCUT2D eigenvalue weighted by atomic mass is 16.5. The Hall–Kier alpha value is -2.76. The lowest BCUT2D eigenvalue weighted by Crippen LogP contribution is -2.48. The summed E-state index contributed by atoms with van der Waals surface area (Å²) < 4.78 is 5.23. The Morgan fingerprint density at radius 2 is 1.61 bits per heavy atom. The van der Waals surface area contributed by atoms with Gasteiger partial charge in [-0.15, -0.1) is 0 Å². The second kappa shape index (κ2) is 8.50. The Morgan fingerprint density at radius 1 is 0.893 bits per heavy atom. The van der Waals surface area contributed by atoms with Crippen LogP contribution in [0.25, 0.3) is 0 Å². The molecule has 0 N–H and O–H groups in total. The van der Waals surface area contributed by atoms with Crippen molar-refractivity contribution in [2.45, 2.75) is 19.3 Å². The number of piperidine rings is 1. The van der Waals surface area contributed by atoms with Crippen molar-refractivity contribution in [2.24, 2.45) is 0 Å². The van der Waals surface area contributed by atoms with E-state index in [1.807, 2.05) is 29.2 Å². The number of carbonyl (C=O) groups excluding carboxylic acids is 1. The molecule has 2 fully saturated rings. The first-order valence-corrected chi connectivity index (χ1v) is 10.1. The van der Waals surface area contributed by atoms with Crippen molar-refractivity contribution in [2.75, 3.05) is 56.2 Å². The Kier molecular flexibility index (Phi) is 5.65. The topological polar surface area (TPSA) is 48.9 Å². The van der Waals surface area contributed by atoms with Gasteiger partial charge in [0.05, 0.1) is 7.11 Å². The first-order valence-electron chi connectivity index (χ1n) is 10.1. The van der Waals surface area contributed by atoms with Crippen molar-refractivity contribution >= 4 is 17.4 Å². The Balaban J connectivity index is 1.38. The van der Waals surface area contributed by atoms with Crippen LogP contribution in [0.3, 0.4) is 0 Å². The van der Waals surface area contributed by atoms with Crippen LogP contribution in [0.4, 0.5) is 11.5 Å². The van der Waals surface area contributed by atoms with Crippen molar-refractivity contribution in [1.82, 2.24) is 9.88 Å². The molecule has 0 saturated carbocycles. The molecule has 0 aliphatic carbocycles. The van der Waals surface area contributed by atoms with E-state index in [1.54, 1.807) is 13.3 Å². The average Bonchev–Trinajstić information content (AvgIpc) is 2.79. The minimum absolute atomic E-state index is 0.107. The van der Waals surface area contributed by atoms with Crippen molar-refractivity contribution in [3.8, 4) is 5.75 Å². The zero-order valence-electron chi connectivity index (χ0n) is 16.5. The highest BCUT2D eigenvalue weighted by Gasteiger charge is 2.23. The van der Waals surface area contributed by atoms with Gasteiger partial charge in [-0.1, -0.05) is 0 Å². The van der Waals surface area contributed by atoms with Crippen LogP contribution in [0.5, 0.6) is 5.75 Å². The number of ether oxygens (including phenoxy) is 1. The SMILES string of the molecule is COc1ccc(N2CCN(C(=O)c3ccnc(N4CCCCC4)c3)CC2)cc1. The van der Waals surface area contributed by atoms with Gasteiger partial charge in [-0.25, -0.2) is 4.98 Å². The van der Waals surface area contributed by atoms with Crippen LogP contribution in [0.1, 0.15) is 29.6 Å². The van der Waals surface area contributed by atoms with E-state index < -0.39 is 0 Å². The molecule has 2 aliphatic rings. The molecule has 0 unspecified atom stereocenters. The molecule has 0 radical (unpaired) electrons. The summed E-state index contributed by atoms with van der Waals surface area (Å²) in [6, 6.07) is 11.9. The predicted octanol–water partition coefficient (Wildman–Crippen LogP) is 3.04. The second-order valence-electron chi connectivity index (χ2n) is 7.43. The normalized spacial score (nSPS) is 17.5. The van der Waals surface area contributed by atoms with Crippen LogP contribution in [-0.4, -0.2) is 62.2 Å². The molecule has 28 heavy (non-hydrogen) atoms. The number of amides is 1. The van der Waals surface area contributed by atoms with E-state index >= 15 is 0 Å². The summed E-state index contributed by atoms with van der Waals surface area (Å²) in [6.45, 7) is 5.19. The smallest absolute Gasteiger partial charge is 0.254 e. The zero-order chi connectivity index (χ0) is 19.3. The van der Waals surface area contributed by atoms with Gasteiger partial charge in [-0.2, -0.15) is 0 Å². The maximum absolute atomic E-state index is 13.0. The summed E-state index contributed by atoms with van der Waals surface area (Å²) in [5, 5.41) is 0. The highest BCUT2D eigenvalue weighted by molar-refractivity contribution is 5.95. The molecule has 2 saturated heterocycles. The fourth-order valence-electron chi connectivity index (χ4n) is 3.99. The fraction of sp³-hybridized carbons (Fsp3) is 0.455. The first-order chi connectivity index (χ1) is 13.7. The molecular formula is C22H28N4O2. The molecular weight excluding hydrogens is 352 g/mol. The maximum Gasteiger partial charge on any atom is 0.254 e. The lowest BCUT2D eigenvalue weighted by molar-refractivity contribution is 0.0746. The standard InChI is InChI=1S/C22H28N4O2/c1-28-20-7-5-19(6-8-20)24-13-15-26(16-14-24)22(27)18-9-10-23-21(17-18)25-11-3-2-4-12-25/h5-10,17H,2-4,11-16H2,1H3. The zero-order valence-corrected chi connectivity index (χ0v) is 16.5. The number of benzene rings is 1. The minimum atomic E-state index is 0.107. The van der Waals surface area contributed by atoms with Gasteiger partial charge in [-0.3, -0.25) is 4.79 Å². The number of aromatic nitrogens is 1. The molecule has 0 bridgehead atoms. The number of rotatable bonds is 4. The van der Waals surface area contributed by atoms with Gasteiger partial charge < -0.3 is 19.4 Å². The van der Waals surface area contributed by atoms with Crippen LogP contribution in [0.2, 0.25) is 0 Å². The number of pyridine rings is 1. The largest absolute Gasteiger partial charge is 0.497 e. The number of hydrogen-bond acceptors (Lipinski definition) is 5. The van der Waals surface area contributed by atoms with E-state index in [1.165, 1.54) is 24.9 Å². The molecule has 0 spiro atoms.